The molecule has 0 unspecified atom stereocenters. The van der Waals surface area contributed by atoms with E-state index in [0.29, 0.717) is 0 Å². The van der Waals surface area contributed by atoms with Crippen molar-refractivity contribution in [1.29, 1.82) is 0 Å². The van der Waals surface area contributed by atoms with Crippen LogP contribution in [0.2, 0.25) is 18.1 Å². The second-order valence-electron chi connectivity index (χ2n) is 10.4. The van der Waals surface area contributed by atoms with E-state index in [2.05, 4.69) is 24.3 Å². The smallest absolute Gasteiger partial charge is 0.123 e. The van der Waals surface area contributed by atoms with Crippen molar-refractivity contribution < 1.29 is 9.13 Å². The molecule has 2 aromatic carbocycles. The van der Waals surface area contributed by atoms with Gasteiger partial charge in [0.25, 0.3) is 0 Å². The fourth-order valence-corrected chi connectivity index (χ4v) is 9.70. The molecule has 0 N–H and O–H groups in total. The Kier molecular flexibility index (Phi) is 8.99. The van der Waals surface area contributed by atoms with Gasteiger partial charge in [-0.1, -0.05) is 80.2 Å². The number of aryl methyl sites for hydroxylation is 1. The van der Waals surface area contributed by atoms with E-state index in [1.165, 1.54) is 74.2 Å². The molecule has 1 saturated carbocycles. The van der Waals surface area contributed by atoms with Crippen LogP contribution in [0.4, 0.5) is 4.39 Å². The minimum absolute atomic E-state index is 0.174. The second kappa shape index (κ2) is 12.1. The molecule has 1 aliphatic carbocycles. The van der Waals surface area contributed by atoms with Crippen LogP contribution in [0.25, 0.3) is 11.1 Å². The van der Waals surface area contributed by atoms with Gasteiger partial charge in [-0.2, -0.15) is 0 Å². The molecule has 0 radical (unpaired) electrons. The van der Waals surface area contributed by atoms with E-state index in [4.69, 9.17) is 4.74 Å². The molecular weight excluding hydrogens is 411 g/mol. The molecule has 2 fully saturated rings. The molecule has 2 aliphatic rings. The van der Waals surface area contributed by atoms with Gasteiger partial charge >= 0.3 is 0 Å². The molecule has 0 aromatic heterocycles. The number of benzene rings is 2. The summed E-state index contributed by atoms with van der Waals surface area (Å²) in [6, 6.07) is 20.4. The highest BCUT2D eigenvalue weighted by Gasteiger charge is 2.31. The Bertz CT molecular complexity index is 787. The van der Waals surface area contributed by atoms with E-state index < -0.39 is 8.80 Å². The maximum atomic E-state index is 13.1. The van der Waals surface area contributed by atoms with E-state index in [9.17, 15) is 4.39 Å². The van der Waals surface area contributed by atoms with Crippen molar-refractivity contribution in [1.82, 2.24) is 0 Å². The molecule has 32 heavy (non-hydrogen) atoms. The molecule has 174 valence electrons. The van der Waals surface area contributed by atoms with Crippen LogP contribution < -0.4 is 0 Å². The first-order chi connectivity index (χ1) is 15.7. The van der Waals surface area contributed by atoms with Crippen LogP contribution in [0.15, 0.2) is 48.5 Å². The Morgan fingerprint density at radius 3 is 2.03 bits per heavy atom. The highest BCUT2D eigenvalue weighted by Crippen LogP contribution is 2.41. The van der Waals surface area contributed by atoms with Crippen LogP contribution in [-0.4, -0.2) is 22.5 Å². The molecule has 4 rings (SSSR count). The maximum Gasteiger partial charge on any atom is 0.123 e. The van der Waals surface area contributed by atoms with Gasteiger partial charge in [-0.05, 0) is 78.7 Å². The van der Waals surface area contributed by atoms with Crippen molar-refractivity contribution in [3.63, 3.8) is 0 Å². The van der Waals surface area contributed by atoms with Gasteiger partial charge in [0.05, 0.1) is 0 Å². The summed E-state index contributed by atoms with van der Waals surface area (Å²) in [6.45, 7) is 0.968. The summed E-state index contributed by atoms with van der Waals surface area (Å²) in [4.78, 5) is 0. The lowest BCUT2D eigenvalue weighted by molar-refractivity contribution is 0.185. The fraction of sp³-hybridized carbons (Fsp3) is 0.586. The third-order valence-corrected chi connectivity index (χ3v) is 11.9. The van der Waals surface area contributed by atoms with Crippen molar-refractivity contribution in [2.75, 3.05) is 13.7 Å². The largest absolute Gasteiger partial charge is 0.385 e. The van der Waals surface area contributed by atoms with Gasteiger partial charge in [-0.15, -0.1) is 0 Å². The zero-order valence-electron chi connectivity index (χ0n) is 19.9. The predicted octanol–water partition coefficient (Wildman–Crippen LogP) is 7.91. The van der Waals surface area contributed by atoms with Crippen LogP contribution in [0.3, 0.4) is 0 Å². The van der Waals surface area contributed by atoms with E-state index in [1.807, 2.05) is 19.2 Å². The summed E-state index contributed by atoms with van der Waals surface area (Å²) in [5, 5.41) is 0. The quantitative estimate of drug-likeness (QED) is 0.277. The van der Waals surface area contributed by atoms with Gasteiger partial charge in [0.1, 0.15) is 5.82 Å². The molecule has 1 aliphatic heterocycles. The topological polar surface area (TPSA) is 9.23 Å². The summed E-state index contributed by atoms with van der Waals surface area (Å²) in [7, 11) is 1.40. The molecule has 2 aromatic rings. The molecule has 0 spiro atoms. The molecule has 3 heteroatoms. The van der Waals surface area contributed by atoms with E-state index >= 15 is 0 Å². The first-order valence-corrected chi connectivity index (χ1v) is 15.5. The summed E-state index contributed by atoms with van der Waals surface area (Å²) in [5.74, 6) is 2.81. The molecule has 0 atom stereocenters. The van der Waals surface area contributed by atoms with Gasteiger partial charge in [-0.3, -0.25) is 0 Å². The van der Waals surface area contributed by atoms with Crippen LogP contribution in [0, 0.1) is 23.6 Å². The monoisotopic (exact) mass is 452 g/mol. The number of halogens is 1. The van der Waals surface area contributed by atoms with Gasteiger partial charge < -0.3 is 4.74 Å². The average Bonchev–Trinajstić information content (AvgIpc) is 2.85. The SMILES string of the molecule is COCCC[SiH]1CCC([C@H]2CC[C@H](CCc3ccc(-c4ccc(F)cc4)cc3)CC2)CC1. The third kappa shape index (κ3) is 6.77. The Labute approximate surface area is 196 Å². The van der Waals surface area contributed by atoms with E-state index in [-0.39, 0.29) is 5.82 Å². The Morgan fingerprint density at radius 1 is 0.812 bits per heavy atom. The predicted molar refractivity (Wildman–Crippen MR) is 136 cm³/mol. The lowest BCUT2D eigenvalue weighted by Gasteiger charge is -2.37. The van der Waals surface area contributed by atoms with E-state index in [0.717, 1.165) is 29.9 Å². The first kappa shape index (κ1) is 23.7. The molecular formula is C29H41FOSi. The standard InChI is InChI=1S/C29H41FOSi/c1-31-19-2-20-32-21-17-28(18-22-32)26-11-7-24(8-12-26)4-3-23-5-9-25(10-6-23)27-13-15-29(30)16-14-27/h5-6,9-10,13-16,24,26,28,32H,2-4,7-8,11-12,17-22H2,1H3/t24-,26-,28?,32?. The third-order valence-electron chi connectivity index (χ3n) is 8.38. The molecule has 1 heterocycles. The Balaban J connectivity index is 1.15. The van der Waals surface area contributed by atoms with Crippen LogP contribution in [0.1, 0.15) is 56.9 Å². The number of methoxy groups -OCH3 is 1. The highest BCUT2D eigenvalue weighted by molar-refractivity contribution is 6.58. The van der Waals surface area contributed by atoms with Crippen molar-refractivity contribution in [2.24, 2.45) is 17.8 Å². The van der Waals surface area contributed by atoms with Gasteiger partial charge in [0, 0.05) is 22.5 Å². The zero-order chi connectivity index (χ0) is 22.2. The van der Waals surface area contributed by atoms with Crippen molar-refractivity contribution in [2.45, 2.75) is 75.9 Å². The number of ether oxygens (including phenoxy) is 1. The van der Waals surface area contributed by atoms with Crippen molar-refractivity contribution in [3.8, 4) is 11.1 Å². The van der Waals surface area contributed by atoms with Gasteiger partial charge in [0.15, 0.2) is 0 Å². The molecule has 0 bridgehead atoms. The first-order valence-electron chi connectivity index (χ1n) is 13.0. The van der Waals surface area contributed by atoms with Crippen molar-refractivity contribution >= 4 is 8.80 Å². The summed E-state index contributed by atoms with van der Waals surface area (Å²) in [6.07, 6.45) is 12.8. The van der Waals surface area contributed by atoms with Gasteiger partial charge in [0.2, 0.25) is 0 Å². The Morgan fingerprint density at radius 2 is 1.41 bits per heavy atom. The zero-order valence-corrected chi connectivity index (χ0v) is 21.1. The van der Waals surface area contributed by atoms with Crippen molar-refractivity contribution in [3.05, 3.63) is 59.9 Å². The van der Waals surface area contributed by atoms with E-state index in [1.54, 1.807) is 24.9 Å². The summed E-state index contributed by atoms with van der Waals surface area (Å²) in [5.41, 5.74) is 3.70. The van der Waals surface area contributed by atoms with Crippen LogP contribution in [0.5, 0.6) is 0 Å². The number of hydrogen-bond acceptors (Lipinski definition) is 1. The summed E-state index contributed by atoms with van der Waals surface area (Å²) < 4.78 is 18.4. The minimum atomic E-state index is -0.432. The highest BCUT2D eigenvalue weighted by atomic mass is 28.3. The van der Waals surface area contributed by atoms with Gasteiger partial charge in [-0.25, -0.2) is 4.39 Å². The second-order valence-corrected chi connectivity index (χ2v) is 13.9. The Hall–Kier alpha value is -1.45. The normalized spacial score (nSPS) is 26.2. The molecule has 1 nitrogen and oxygen atoms in total. The average molecular weight is 453 g/mol. The minimum Gasteiger partial charge on any atom is -0.385 e. The maximum absolute atomic E-state index is 13.1. The van der Waals surface area contributed by atoms with Crippen LogP contribution >= 0.6 is 0 Å². The summed E-state index contributed by atoms with van der Waals surface area (Å²) >= 11 is 0. The molecule has 0 amide bonds. The number of rotatable bonds is 9. The fourth-order valence-electron chi connectivity index (χ4n) is 6.29. The van der Waals surface area contributed by atoms with Crippen LogP contribution in [-0.2, 0) is 11.2 Å². The molecule has 1 saturated heterocycles. The lowest BCUT2D eigenvalue weighted by atomic mass is 9.73. The lowest BCUT2D eigenvalue weighted by Crippen LogP contribution is -2.28. The number of hydrogen-bond donors (Lipinski definition) is 0.